The molecule has 10 nitrogen and oxygen atoms in total. The van der Waals surface area contributed by atoms with Crippen molar-refractivity contribution in [1.82, 2.24) is 9.97 Å². The first kappa shape index (κ1) is 22.0. The number of benzene rings is 2. The maximum absolute atomic E-state index is 11.7. The smallest absolute Gasteiger partial charge is 0.306 e. The lowest BCUT2D eigenvalue weighted by Crippen LogP contribution is -2.17. The Morgan fingerprint density at radius 2 is 1.94 bits per heavy atom. The number of aliphatic hydroxyl groups excluding tert-OH is 1. The number of primary amides is 1. The highest BCUT2D eigenvalue weighted by atomic mass is 32.2. The summed E-state index contributed by atoms with van der Waals surface area (Å²) in [5.74, 6) is -0.229. The van der Waals surface area contributed by atoms with Gasteiger partial charge in [0.05, 0.1) is 18.4 Å². The van der Waals surface area contributed by atoms with Gasteiger partial charge in [-0.05, 0) is 23.8 Å². The molecule has 2 aromatic carbocycles. The van der Waals surface area contributed by atoms with Crippen molar-refractivity contribution in [2.45, 2.75) is 13.2 Å². The third-order valence-corrected chi connectivity index (χ3v) is 4.57. The highest BCUT2D eigenvalue weighted by molar-refractivity contribution is 7.86. The van der Waals surface area contributed by atoms with Crippen LogP contribution < -0.4 is 20.6 Å². The SMILES string of the molecule is CS(=O)(=O)Oc1ccc(Nc2ncc(C(N)=O)c(NCc3ccccc3)n2)cc1CO. The molecule has 31 heavy (non-hydrogen) atoms. The number of rotatable bonds is 9. The number of hydrogen-bond acceptors (Lipinski definition) is 9. The van der Waals surface area contributed by atoms with Crippen molar-refractivity contribution in [2.24, 2.45) is 5.73 Å². The van der Waals surface area contributed by atoms with Gasteiger partial charge in [0, 0.05) is 24.0 Å². The fourth-order valence-corrected chi connectivity index (χ4v) is 3.18. The maximum Gasteiger partial charge on any atom is 0.306 e. The second-order valence-corrected chi connectivity index (χ2v) is 8.13. The molecule has 0 fully saturated rings. The topological polar surface area (TPSA) is 157 Å². The summed E-state index contributed by atoms with van der Waals surface area (Å²) in [6.45, 7) is -0.0184. The number of aromatic nitrogens is 2. The van der Waals surface area contributed by atoms with E-state index in [1.165, 1.54) is 18.3 Å². The number of nitrogens with zero attached hydrogens (tertiary/aromatic N) is 2. The number of aliphatic hydroxyl groups is 1. The molecule has 0 spiro atoms. The number of nitrogens with two attached hydrogens (primary N) is 1. The molecule has 1 amide bonds. The summed E-state index contributed by atoms with van der Waals surface area (Å²) in [5.41, 5.74) is 7.27. The zero-order valence-electron chi connectivity index (χ0n) is 16.6. The second kappa shape index (κ2) is 9.41. The van der Waals surface area contributed by atoms with Crippen molar-refractivity contribution in [1.29, 1.82) is 0 Å². The molecule has 0 atom stereocenters. The fourth-order valence-electron chi connectivity index (χ4n) is 2.69. The van der Waals surface area contributed by atoms with E-state index in [2.05, 4.69) is 20.6 Å². The predicted molar refractivity (Wildman–Crippen MR) is 115 cm³/mol. The van der Waals surface area contributed by atoms with E-state index in [-0.39, 0.29) is 28.6 Å². The van der Waals surface area contributed by atoms with E-state index in [0.717, 1.165) is 11.8 Å². The Balaban J connectivity index is 1.83. The van der Waals surface area contributed by atoms with Crippen LogP contribution in [0.2, 0.25) is 0 Å². The van der Waals surface area contributed by atoms with Crippen molar-refractivity contribution in [3.8, 4) is 5.75 Å². The Kier molecular flexibility index (Phi) is 6.68. The van der Waals surface area contributed by atoms with Gasteiger partial charge in [-0.25, -0.2) is 4.98 Å². The average molecular weight is 443 g/mol. The van der Waals surface area contributed by atoms with Gasteiger partial charge >= 0.3 is 10.1 Å². The third kappa shape index (κ3) is 6.14. The standard InChI is InChI=1S/C20H21N5O5S/c1-31(28,29)30-17-8-7-15(9-14(17)12-26)24-20-23-11-16(18(21)27)19(25-20)22-10-13-5-3-2-4-6-13/h2-9,11,26H,10,12H2,1H3,(H2,21,27)(H2,22,23,24,25). The molecule has 0 aliphatic rings. The van der Waals surface area contributed by atoms with E-state index in [0.29, 0.717) is 12.2 Å². The molecular weight excluding hydrogens is 422 g/mol. The summed E-state index contributed by atoms with van der Waals surface area (Å²) < 4.78 is 27.6. The molecule has 11 heteroatoms. The second-order valence-electron chi connectivity index (χ2n) is 6.55. The first-order chi connectivity index (χ1) is 14.7. The molecule has 3 aromatic rings. The van der Waals surface area contributed by atoms with E-state index in [1.54, 1.807) is 6.07 Å². The Morgan fingerprint density at radius 3 is 2.58 bits per heavy atom. The number of nitrogens with one attached hydrogen (secondary N) is 2. The quantitative estimate of drug-likeness (QED) is 0.362. The van der Waals surface area contributed by atoms with Crippen LogP contribution in [0.3, 0.4) is 0 Å². The van der Waals surface area contributed by atoms with Gasteiger partial charge in [-0.15, -0.1) is 0 Å². The van der Waals surface area contributed by atoms with Crippen LogP contribution in [-0.2, 0) is 23.3 Å². The molecule has 0 bridgehead atoms. The Bertz CT molecular complexity index is 1190. The lowest BCUT2D eigenvalue weighted by atomic mass is 10.2. The van der Waals surface area contributed by atoms with Gasteiger partial charge in [-0.3, -0.25) is 4.79 Å². The maximum atomic E-state index is 11.7. The van der Waals surface area contributed by atoms with Crippen LogP contribution in [0.4, 0.5) is 17.5 Å². The fraction of sp³-hybridized carbons (Fsp3) is 0.150. The summed E-state index contributed by atoms with van der Waals surface area (Å²) in [5, 5.41) is 15.5. The Morgan fingerprint density at radius 1 is 1.19 bits per heavy atom. The van der Waals surface area contributed by atoms with Crippen molar-refractivity contribution < 1.29 is 22.5 Å². The Labute approximate surface area is 179 Å². The van der Waals surface area contributed by atoms with Crippen LogP contribution in [0.25, 0.3) is 0 Å². The lowest BCUT2D eigenvalue weighted by molar-refractivity contribution is 0.100. The van der Waals surface area contributed by atoms with Gasteiger partial charge in [0.2, 0.25) is 5.95 Å². The highest BCUT2D eigenvalue weighted by Gasteiger charge is 2.14. The summed E-state index contributed by atoms with van der Waals surface area (Å²) in [4.78, 5) is 20.1. The van der Waals surface area contributed by atoms with E-state index in [1.807, 2.05) is 30.3 Å². The van der Waals surface area contributed by atoms with E-state index in [9.17, 15) is 18.3 Å². The molecule has 0 unspecified atom stereocenters. The summed E-state index contributed by atoms with van der Waals surface area (Å²) >= 11 is 0. The Hall–Kier alpha value is -3.70. The van der Waals surface area contributed by atoms with Gasteiger partial charge in [0.1, 0.15) is 11.6 Å². The zero-order valence-corrected chi connectivity index (χ0v) is 17.4. The van der Waals surface area contributed by atoms with Crippen LogP contribution >= 0.6 is 0 Å². The number of anilines is 3. The van der Waals surface area contributed by atoms with E-state index < -0.39 is 22.6 Å². The van der Waals surface area contributed by atoms with Crippen molar-refractivity contribution in [2.75, 3.05) is 16.9 Å². The molecule has 0 saturated carbocycles. The first-order valence-electron chi connectivity index (χ1n) is 9.10. The largest absolute Gasteiger partial charge is 0.392 e. The molecule has 3 rings (SSSR count). The van der Waals surface area contributed by atoms with Crippen LogP contribution in [0, 0.1) is 0 Å². The van der Waals surface area contributed by atoms with Crippen LogP contribution in [0.15, 0.2) is 54.7 Å². The van der Waals surface area contributed by atoms with Gasteiger partial charge in [-0.2, -0.15) is 13.4 Å². The zero-order chi connectivity index (χ0) is 22.4. The van der Waals surface area contributed by atoms with E-state index in [4.69, 9.17) is 9.92 Å². The first-order valence-corrected chi connectivity index (χ1v) is 10.9. The molecule has 1 heterocycles. The van der Waals surface area contributed by atoms with Gasteiger partial charge < -0.3 is 25.7 Å². The minimum Gasteiger partial charge on any atom is -0.392 e. The van der Waals surface area contributed by atoms with E-state index >= 15 is 0 Å². The molecular formula is C20H21N5O5S. The number of carbonyl (C=O) groups excluding carboxylic acids is 1. The molecule has 0 radical (unpaired) electrons. The highest BCUT2D eigenvalue weighted by Crippen LogP contribution is 2.26. The minimum absolute atomic E-state index is 0.0192. The van der Waals surface area contributed by atoms with Crippen molar-refractivity contribution in [3.63, 3.8) is 0 Å². The molecule has 0 aliphatic carbocycles. The van der Waals surface area contributed by atoms with Gasteiger partial charge in [0.15, 0.2) is 0 Å². The molecule has 5 N–H and O–H groups in total. The molecule has 162 valence electrons. The summed E-state index contributed by atoms with van der Waals surface area (Å²) in [6.07, 6.45) is 2.22. The molecule has 0 saturated heterocycles. The lowest BCUT2D eigenvalue weighted by Gasteiger charge is -2.13. The minimum atomic E-state index is -3.74. The van der Waals surface area contributed by atoms with Gasteiger partial charge in [0.25, 0.3) is 5.91 Å². The summed E-state index contributed by atoms with van der Waals surface area (Å²) in [6, 6.07) is 14.0. The van der Waals surface area contributed by atoms with Crippen LogP contribution in [-0.4, -0.2) is 35.7 Å². The number of hydrogen-bond donors (Lipinski definition) is 4. The summed E-state index contributed by atoms with van der Waals surface area (Å²) in [7, 11) is -3.74. The van der Waals surface area contributed by atoms with Crippen LogP contribution in [0.1, 0.15) is 21.5 Å². The van der Waals surface area contributed by atoms with Gasteiger partial charge in [-0.1, -0.05) is 30.3 Å². The normalized spacial score (nSPS) is 11.0. The number of amides is 1. The molecule has 0 aliphatic heterocycles. The average Bonchev–Trinajstić information content (AvgIpc) is 2.73. The number of carbonyl (C=O) groups is 1. The van der Waals surface area contributed by atoms with Crippen molar-refractivity contribution >= 4 is 33.5 Å². The third-order valence-electron chi connectivity index (χ3n) is 4.09. The molecule has 1 aromatic heterocycles. The monoisotopic (exact) mass is 443 g/mol. The van der Waals surface area contributed by atoms with Crippen molar-refractivity contribution in [3.05, 3.63) is 71.4 Å². The predicted octanol–water partition coefficient (Wildman–Crippen LogP) is 1.76. The van der Waals surface area contributed by atoms with Crippen LogP contribution in [0.5, 0.6) is 5.75 Å².